The van der Waals surface area contributed by atoms with Crippen LogP contribution in [0.1, 0.15) is 26.2 Å². The van der Waals surface area contributed by atoms with Gasteiger partial charge in [-0.1, -0.05) is 6.92 Å². The average molecular weight is 344 g/mol. The number of likely N-dealkylation sites (tertiary alicyclic amines) is 1. The molecule has 2 rings (SSSR count). The third kappa shape index (κ3) is 5.59. The molecule has 0 spiro atoms. The Morgan fingerprint density at radius 2 is 2.00 bits per heavy atom. The van der Waals surface area contributed by atoms with Crippen molar-refractivity contribution in [3.63, 3.8) is 0 Å². The van der Waals surface area contributed by atoms with Crippen LogP contribution in [0.15, 0.2) is 0 Å². The molecule has 4 nitrogen and oxygen atoms in total. The first kappa shape index (κ1) is 19.5. The predicted molar refractivity (Wildman–Crippen MR) is 81.1 cm³/mol. The number of amides is 1. The summed E-state index contributed by atoms with van der Waals surface area (Å²) in [7, 11) is 0. The van der Waals surface area contributed by atoms with Crippen molar-refractivity contribution < 1.29 is 18.0 Å². The maximum atomic E-state index is 12.1. The molecular formula is C14H25ClF3N3O. The summed E-state index contributed by atoms with van der Waals surface area (Å²) in [5, 5.41) is 5.37. The van der Waals surface area contributed by atoms with Crippen LogP contribution in [-0.2, 0) is 4.79 Å². The van der Waals surface area contributed by atoms with E-state index in [1.807, 2.05) is 5.32 Å². The van der Waals surface area contributed by atoms with Gasteiger partial charge in [0, 0.05) is 19.6 Å². The van der Waals surface area contributed by atoms with E-state index in [9.17, 15) is 18.0 Å². The molecule has 2 fully saturated rings. The molecule has 8 heteroatoms. The van der Waals surface area contributed by atoms with Crippen LogP contribution in [0.25, 0.3) is 0 Å². The molecule has 2 N–H and O–H groups in total. The minimum atomic E-state index is -4.77. The van der Waals surface area contributed by atoms with Crippen molar-refractivity contribution in [3.05, 3.63) is 0 Å². The minimum absolute atomic E-state index is 0. The van der Waals surface area contributed by atoms with E-state index in [1.54, 1.807) is 0 Å². The highest BCUT2D eigenvalue weighted by Gasteiger charge is 2.39. The van der Waals surface area contributed by atoms with Gasteiger partial charge in [0.2, 0.25) is 0 Å². The summed E-state index contributed by atoms with van der Waals surface area (Å²) in [6.07, 6.45) is -1.90. The molecule has 2 saturated heterocycles. The number of halogens is 4. The Labute approximate surface area is 135 Å². The van der Waals surface area contributed by atoms with Crippen LogP contribution in [0, 0.1) is 11.3 Å². The van der Waals surface area contributed by atoms with Crippen LogP contribution in [0.4, 0.5) is 13.2 Å². The lowest BCUT2D eigenvalue weighted by molar-refractivity contribution is -0.173. The summed E-state index contributed by atoms with van der Waals surface area (Å²) in [6, 6.07) is 0. The van der Waals surface area contributed by atoms with Gasteiger partial charge in [0.1, 0.15) is 0 Å². The first-order chi connectivity index (χ1) is 9.78. The van der Waals surface area contributed by atoms with Crippen molar-refractivity contribution in [3.8, 4) is 0 Å². The van der Waals surface area contributed by atoms with E-state index in [4.69, 9.17) is 0 Å². The summed E-state index contributed by atoms with van der Waals surface area (Å²) in [6.45, 7) is 7.37. The lowest BCUT2D eigenvalue weighted by Crippen LogP contribution is -2.45. The monoisotopic (exact) mass is 343 g/mol. The van der Waals surface area contributed by atoms with Gasteiger partial charge < -0.3 is 15.5 Å². The van der Waals surface area contributed by atoms with Gasteiger partial charge >= 0.3 is 12.1 Å². The van der Waals surface area contributed by atoms with Crippen molar-refractivity contribution in [1.29, 1.82) is 0 Å². The van der Waals surface area contributed by atoms with E-state index in [-0.39, 0.29) is 24.9 Å². The highest BCUT2D eigenvalue weighted by molar-refractivity contribution is 5.85. The summed E-state index contributed by atoms with van der Waals surface area (Å²) in [4.78, 5) is 13.2. The van der Waals surface area contributed by atoms with Gasteiger partial charge in [-0.25, -0.2) is 0 Å². The van der Waals surface area contributed by atoms with Crippen molar-refractivity contribution >= 4 is 18.3 Å². The van der Waals surface area contributed by atoms with Gasteiger partial charge in [0.25, 0.3) is 0 Å². The van der Waals surface area contributed by atoms with Gasteiger partial charge in [-0.3, -0.25) is 4.79 Å². The number of carbonyl (C=O) groups excluding carboxylic acids is 1. The zero-order chi connectivity index (χ0) is 15.5. The van der Waals surface area contributed by atoms with E-state index >= 15 is 0 Å². The Bertz CT molecular complexity index is 365. The SMILES string of the molecule is CC1(CN2CCC(CNC(=O)C(F)(F)F)CC2)CCNC1.Cl. The number of nitrogens with one attached hydrogen (secondary N) is 2. The topological polar surface area (TPSA) is 44.4 Å². The van der Waals surface area contributed by atoms with Crippen molar-refractivity contribution in [2.24, 2.45) is 11.3 Å². The quantitative estimate of drug-likeness (QED) is 0.818. The molecule has 0 aliphatic carbocycles. The third-order valence-electron chi connectivity index (χ3n) is 4.58. The van der Waals surface area contributed by atoms with E-state index in [0.29, 0.717) is 5.41 Å². The van der Waals surface area contributed by atoms with Crippen molar-refractivity contribution in [2.75, 3.05) is 39.3 Å². The number of alkyl halides is 3. The molecule has 1 unspecified atom stereocenters. The number of hydrogen-bond donors (Lipinski definition) is 2. The molecule has 0 aromatic carbocycles. The smallest absolute Gasteiger partial charge is 0.348 e. The fourth-order valence-corrected chi connectivity index (χ4v) is 3.23. The van der Waals surface area contributed by atoms with Crippen LogP contribution < -0.4 is 10.6 Å². The fourth-order valence-electron chi connectivity index (χ4n) is 3.23. The van der Waals surface area contributed by atoms with E-state index in [1.165, 1.54) is 6.42 Å². The Morgan fingerprint density at radius 3 is 2.50 bits per heavy atom. The number of hydrogen-bond acceptors (Lipinski definition) is 3. The molecular weight excluding hydrogens is 319 g/mol. The predicted octanol–water partition coefficient (Wildman–Crippen LogP) is 1.80. The second-order valence-electron chi connectivity index (χ2n) is 6.66. The van der Waals surface area contributed by atoms with Gasteiger partial charge in [-0.2, -0.15) is 13.2 Å². The normalized spacial score (nSPS) is 27.5. The molecule has 1 amide bonds. The maximum absolute atomic E-state index is 12.1. The van der Waals surface area contributed by atoms with Crippen molar-refractivity contribution in [2.45, 2.75) is 32.4 Å². The second kappa shape index (κ2) is 7.84. The molecule has 0 aromatic rings. The first-order valence-electron chi connectivity index (χ1n) is 7.57. The van der Waals surface area contributed by atoms with Crippen LogP contribution >= 0.6 is 12.4 Å². The molecule has 0 aromatic heterocycles. The lowest BCUT2D eigenvalue weighted by Gasteiger charge is -2.37. The Hall–Kier alpha value is -0.530. The van der Waals surface area contributed by atoms with E-state index in [2.05, 4.69) is 17.1 Å². The number of nitrogens with zero attached hydrogens (tertiary/aromatic N) is 1. The van der Waals surface area contributed by atoms with Crippen LogP contribution in [0.5, 0.6) is 0 Å². The van der Waals surface area contributed by atoms with Crippen molar-refractivity contribution in [1.82, 2.24) is 15.5 Å². The lowest BCUT2D eigenvalue weighted by atomic mass is 9.87. The van der Waals surface area contributed by atoms with Gasteiger partial charge in [0.15, 0.2) is 0 Å². The molecule has 22 heavy (non-hydrogen) atoms. The largest absolute Gasteiger partial charge is 0.471 e. The Kier molecular flexibility index (Phi) is 6.95. The van der Waals surface area contributed by atoms with Crippen LogP contribution in [-0.4, -0.2) is 56.3 Å². The van der Waals surface area contributed by atoms with E-state index in [0.717, 1.165) is 45.6 Å². The molecule has 0 saturated carbocycles. The second-order valence-corrected chi connectivity index (χ2v) is 6.66. The molecule has 2 heterocycles. The summed E-state index contributed by atoms with van der Waals surface area (Å²) < 4.78 is 36.3. The van der Waals surface area contributed by atoms with Crippen LogP contribution in [0.2, 0.25) is 0 Å². The zero-order valence-electron chi connectivity index (χ0n) is 12.8. The molecule has 2 aliphatic rings. The number of piperidine rings is 1. The Morgan fingerprint density at radius 1 is 1.36 bits per heavy atom. The highest BCUT2D eigenvalue weighted by atomic mass is 35.5. The third-order valence-corrected chi connectivity index (χ3v) is 4.58. The Balaban J connectivity index is 0.00000242. The van der Waals surface area contributed by atoms with E-state index < -0.39 is 12.1 Å². The number of rotatable bonds is 4. The van der Waals surface area contributed by atoms with Gasteiger partial charge in [-0.05, 0) is 50.2 Å². The molecule has 2 aliphatic heterocycles. The molecule has 130 valence electrons. The highest BCUT2D eigenvalue weighted by Crippen LogP contribution is 2.28. The summed E-state index contributed by atoms with van der Waals surface area (Å²) in [5.74, 6) is -1.67. The fraction of sp³-hybridized carbons (Fsp3) is 0.929. The molecule has 0 bridgehead atoms. The average Bonchev–Trinajstić information content (AvgIpc) is 2.83. The van der Waals surface area contributed by atoms with Gasteiger partial charge in [0.05, 0.1) is 0 Å². The minimum Gasteiger partial charge on any atom is -0.348 e. The van der Waals surface area contributed by atoms with Crippen LogP contribution in [0.3, 0.4) is 0 Å². The molecule has 0 radical (unpaired) electrons. The zero-order valence-corrected chi connectivity index (χ0v) is 13.7. The number of carbonyl (C=O) groups is 1. The first-order valence-corrected chi connectivity index (χ1v) is 7.57. The van der Waals surface area contributed by atoms with Gasteiger partial charge in [-0.15, -0.1) is 12.4 Å². The maximum Gasteiger partial charge on any atom is 0.471 e. The summed E-state index contributed by atoms with van der Waals surface area (Å²) in [5.41, 5.74) is 0.317. The summed E-state index contributed by atoms with van der Waals surface area (Å²) >= 11 is 0. The molecule has 1 atom stereocenters. The standard InChI is InChI=1S/C14H24F3N3O.ClH/c1-13(4-5-18-9-13)10-20-6-2-11(3-7-20)8-19-12(21)14(15,16)17;/h11,18H,2-10H2,1H3,(H,19,21);1H.